The van der Waals surface area contributed by atoms with Crippen molar-refractivity contribution in [1.29, 1.82) is 0 Å². The maximum absolute atomic E-state index is 13.5. The molecule has 2 aliphatic rings. The zero-order valence-corrected chi connectivity index (χ0v) is 22.0. The van der Waals surface area contributed by atoms with Gasteiger partial charge in [0.15, 0.2) is 15.0 Å². The molecule has 0 spiro atoms. The number of sulfone groups is 1. The summed E-state index contributed by atoms with van der Waals surface area (Å²) in [7, 11) is -3.35. The number of nitrogens with zero attached hydrogens (tertiary/aromatic N) is 2. The first-order valence-corrected chi connectivity index (χ1v) is 15.2. The van der Waals surface area contributed by atoms with Crippen LogP contribution < -0.4 is 5.32 Å². The predicted octanol–water partition coefficient (Wildman–Crippen LogP) is 5.13. The third kappa shape index (κ3) is 5.39. The Morgan fingerprint density at radius 3 is 2.47 bits per heavy atom. The second-order valence-corrected chi connectivity index (χ2v) is 12.7. The molecule has 34 heavy (non-hydrogen) atoms. The van der Waals surface area contributed by atoms with Gasteiger partial charge in [0.05, 0.1) is 16.1 Å². The SMILES string of the molecule is CCN(CC)CCCS(=O)(=O)c1ccc(C2(C(=O)Nc3nccs3)CC2C2CCCCC2)cc1. The number of anilines is 1. The number of nitrogens with one attached hydrogen (secondary N) is 1. The van der Waals surface area contributed by atoms with Crippen LogP contribution in [0, 0.1) is 11.8 Å². The molecule has 6 nitrogen and oxygen atoms in total. The Morgan fingerprint density at radius 2 is 1.85 bits per heavy atom. The highest BCUT2D eigenvalue weighted by atomic mass is 32.2. The molecule has 186 valence electrons. The van der Waals surface area contributed by atoms with E-state index in [0.717, 1.165) is 31.6 Å². The molecule has 4 rings (SSSR count). The predicted molar refractivity (Wildman–Crippen MR) is 138 cm³/mol. The van der Waals surface area contributed by atoms with Gasteiger partial charge in [-0.3, -0.25) is 4.79 Å². The van der Waals surface area contributed by atoms with Gasteiger partial charge < -0.3 is 10.2 Å². The lowest BCUT2D eigenvalue weighted by atomic mass is 9.80. The number of rotatable bonds is 11. The number of hydrogen-bond acceptors (Lipinski definition) is 6. The van der Waals surface area contributed by atoms with Crippen LogP contribution in [-0.2, 0) is 20.0 Å². The molecule has 8 heteroatoms. The summed E-state index contributed by atoms with van der Waals surface area (Å²) in [6, 6.07) is 7.16. The number of aromatic nitrogens is 1. The maximum atomic E-state index is 13.5. The number of thiazole rings is 1. The van der Waals surface area contributed by atoms with Crippen molar-refractivity contribution in [1.82, 2.24) is 9.88 Å². The Labute approximate surface area is 208 Å². The quantitative estimate of drug-likeness (QED) is 0.460. The fourth-order valence-corrected chi connectivity index (χ4v) is 7.53. The molecule has 2 aliphatic carbocycles. The molecule has 0 radical (unpaired) electrons. The lowest BCUT2D eigenvalue weighted by Gasteiger charge is -2.25. The van der Waals surface area contributed by atoms with Gasteiger partial charge in [0, 0.05) is 11.6 Å². The van der Waals surface area contributed by atoms with E-state index in [2.05, 4.69) is 29.0 Å². The van der Waals surface area contributed by atoms with Gasteiger partial charge in [0.25, 0.3) is 0 Å². The summed E-state index contributed by atoms with van der Waals surface area (Å²) in [6.07, 6.45) is 9.24. The van der Waals surface area contributed by atoms with Gasteiger partial charge >= 0.3 is 0 Å². The van der Waals surface area contributed by atoms with E-state index in [9.17, 15) is 13.2 Å². The molecule has 2 saturated carbocycles. The Bertz CT molecular complexity index is 1040. The minimum absolute atomic E-state index is 0.00662. The van der Waals surface area contributed by atoms with Crippen molar-refractivity contribution in [3.63, 3.8) is 0 Å². The average molecular weight is 504 g/mol. The van der Waals surface area contributed by atoms with Crippen molar-refractivity contribution in [2.75, 3.05) is 30.7 Å². The summed E-state index contributed by atoms with van der Waals surface area (Å²) < 4.78 is 25.8. The molecule has 0 saturated heterocycles. The fraction of sp³-hybridized carbons (Fsp3) is 0.615. The minimum Gasteiger partial charge on any atom is -0.304 e. The molecular formula is C26H37N3O3S2. The molecule has 0 bridgehead atoms. The molecule has 2 fully saturated rings. The Balaban J connectivity index is 1.51. The van der Waals surface area contributed by atoms with Gasteiger partial charge in [-0.25, -0.2) is 13.4 Å². The number of hydrogen-bond donors (Lipinski definition) is 1. The van der Waals surface area contributed by atoms with Gasteiger partial charge in [0.1, 0.15) is 0 Å². The number of carbonyl (C=O) groups excluding carboxylic acids is 1. The van der Waals surface area contributed by atoms with E-state index in [4.69, 9.17) is 0 Å². The van der Waals surface area contributed by atoms with Crippen molar-refractivity contribution < 1.29 is 13.2 Å². The highest BCUT2D eigenvalue weighted by Crippen LogP contribution is 2.61. The summed E-state index contributed by atoms with van der Waals surface area (Å²) in [6.45, 7) is 6.83. The first kappa shape index (κ1) is 25.3. The zero-order chi connectivity index (χ0) is 24.2. The summed E-state index contributed by atoms with van der Waals surface area (Å²) in [5.41, 5.74) is 0.345. The molecule has 2 atom stereocenters. The van der Waals surface area contributed by atoms with Crippen LogP contribution in [-0.4, -0.2) is 49.6 Å². The first-order chi connectivity index (χ1) is 16.4. The van der Waals surface area contributed by atoms with E-state index in [1.807, 2.05) is 17.5 Å². The van der Waals surface area contributed by atoms with Crippen molar-refractivity contribution in [2.45, 2.75) is 69.1 Å². The van der Waals surface area contributed by atoms with E-state index < -0.39 is 15.3 Å². The van der Waals surface area contributed by atoms with Crippen molar-refractivity contribution in [3.05, 3.63) is 41.4 Å². The molecule has 0 aliphatic heterocycles. The van der Waals surface area contributed by atoms with Gasteiger partial charge in [0.2, 0.25) is 5.91 Å². The third-order valence-corrected chi connectivity index (χ3v) is 10.3. The van der Waals surface area contributed by atoms with Crippen LogP contribution in [0.25, 0.3) is 0 Å². The van der Waals surface area contributed by atoms with E-state index in [1.54, 1.807) is 18.3 Å². The summed E-state index contributed by atoms with van der Waals surface area (Å²) >= 11 is 1.42. The molecule has 1 heterocycles. The lowest BCUT2D eigenvalue weighted by molar-refractivity contribution is -0.119. The Morgan fingerprint density at radius 1 is 1.15 bits per heavy atom. The summed E-state index contributed by atoms with van der Waals surface area (Å²) in [5, 5.41) is 5.50. The normalized spacial score (nSPS) is 23.2. The van der Waals surface area contributed by atoms with Crippen LogP contribution in [0.4, 0.5) is 5.13 Å². The molecule has 1 N–H and O–H groups in total. The van der Waals surface area contributed by atoms with Crippen molar-refractivity contribution in [3.8, 4) is 0 Å². The van der Waals surface area contributed by atoms with Gasteiger partial charge in [-0.05, 0) is 62.0 Å². The Hall–Kier alpha value is -1.77. The smallest absolute Gasteiger partial charge is 0.237 e. The lowest BCUT2D eigenvalue weighted by Crippen LogP contribution is -2.32. The van der Waals surface area contributed by atoms with E-state index in [1.165, 1.54) is 43.4 Å². The van der Waals surface area contributed by atoms with Crippen LogP contribution in [0.15, 0.2) is 40.7 Å². The molecule has 1 aromatic heterocycles. The monoisotopic (exact) mass is 503 g/mol. The Kier molecular flexibility index (Phi) is 8.10. The molecule has 2 aromatic rings. The number of amides is 1. The van der Waals surface area contributed by atoms with Gasteiger partial charge in [-0.15, -0.1) is 11.3 Å². The van der Waals surface area contributed by atoms with Crippen LogP contribution in [0.5, 0.6) is 0 Å². The van der Waals surface area contributed by atoms with Crippen molar-refractivity contribution in [2.24, 2.45) is 11.8 Å². The van der Waals surface area contributed by atoms with Crippen LogP contribution in [0.3, 0.4) is 0 Å². The first-order valence-electron chi connectivity index (χ1n) is 12.7. The van der Waals surface area contributed by atoms with Crippen LogP contribution in [0.1, 0.15) is 64.4 Å². The largest absolute Gasteiger partial charge is 0.304 e. The van der Waals surface area contributed by atoms with E-state index in [0.29, 0.717) is 28.3 Å². The van der Waals surface area contributed by atoms with Gasteiger partial charge in [-0.2, -0.15) is 0 Å². The maximum Gasteiger partial charge on any atom is 0.237 e. The highest BCUT2D eigenvalue weighted by molar-refractivity contribution is 7.91. The van der Waals surface area contributed by atoms with Gasteiger partial charge in [-0.1, -0.05) is 58.1 Å². The topological polar surface area (TPSA) is 79.4 Å². The van der Waals surface area contributed by atoms with E-state index >= 15 is 0 Å². The van der Waals surface area contributed by atoms with Crippen LogP contribution >= 0.6 is 11.3 Å². The molecule has 1 amide bonds. The minimum atomic E-state index is -3.35. The summed E-state index contributed by atoms with van der Waals surface area (Å²) in [4.78, 5) is 20.3. The zero-order valence-electron chi connectivity index (χ0n) is 20.3. The second kappa shape index (κ2) is 10.9. The third-order valence-electron chi connectivity index (χ3n) is 7.80. The summed E-state index contributed by atoms with van der Waals surface area (Å²) in [5.74, 6) is 1.000. The highest BCUT2D eigenvalue weighted by Gasteiger charge is 2.63. The number of benzene rings is 1. The second-order valence-electron chi connectivity index (χ2n) is 9.70. The molecular weight excluding hydrogens is 466 g/mol. The van der Waals surface area contributed by atoms with Crippen LogP contribution in [0.2, 0.25) is 0 Å². The number of carbonyl (C=O) groups is 1. The average Bonchev–Trinajstić information content (AvgIpc) is 3.43. The van der Waals surface area contributed by atoms with E-state index in [-0.39, 0.29) is 11.7 Å². The van der Waals surface area contributed by atoms with Crippen molar-refractivity contribution >= 4 is 32.2 Å². The fourth-order valence-electron chi connectivity index (χ4n) is 5.71. The molecule has 2 unspecified atom stereocenters. The molecule has 1 aromatic carbocycles. The standard InChI is InChI=1S/C26H37N3O3S2/c1-3-29(4-2)16-8-18-34(31,32)22-13-11-21(12-14-22)26(24(30)28-25-27-15-17-33-25)19-23(26)20-9-6-5-7-10-20/h11-15,17,20,23H,3-10,16,18-19H2,1-2H3,(H,27,28,30).